The molecule has 1 unspecified atom stereocenters. The molecule has 0 radical (unpaired) electrons. The number of hydrogen-bond donors (Lipinski definition) is 2. The lowest BCUT2D eigenvalue weighted by atomic mass is 9.55. The van der Waals surface area contributed by atoms with Gasteiger partial charge < -0.3 is 33.9 Å². The first-order valence-electron chi connectivity index (χ1n) is 15.8. The van der Waals surface area contributed by atoms with Crippen LogP contribution in [-0.2, 0) is 41.4 Å². The Balaban J connectivity index is 1.27. The monoisotopic (exact) mass is 628 g/mol. The van der Waals surface area contributed by atoms with E-state index in [1.54, 1.807) is 19.1 Å². The zero-order chi connectivity index (χ0) is 32.6. The molecule has 2 saturated heterocycles. The van der Waals surface area contributed by atoms with Gasteiger partial charge in [-0.05, 0) is 66.2 Å². The van der Waals surface area contributed by atoms with Gasteiger partial charge in [0, 0.05) is 18.3 Å². The summed E-state index contributed by atoms with van der Waals surface area (Å²) in [6, 6.07) is 14.5. The number of carbonyl (C=O) groups excluding carboxylic acids is 2. The number of phenols is 1. The van der Waals surface area contributed by atoms with Crippen LogP contribution in [0, 0.1) is 17.8 Å². The Morgan fingerprint density at radius 3 is 2.59 bits per heavy atom. The highest BCUT2D eigenvalue weighted by Gasteiger charge is 2.79. The van der Waals surface area contributed by atoms with Gasteiger partial charge in [-0.25, -0.2) is 0 Å². The lowest BCUT2D eigenvalue weighted by Gasteiger charge is -2.59. The van der Waals surface area contributed by atoms with Crippen molar-refractivity contribution in [2.45, 2.75) is 75.3 Å². The Labute approximate surface area is 268 Å². The fourth-order valence-corrected chi connectivity index (χ4v) is 8.71. The minimum Gasteiger partial charge on any atom is -0.504 e. The van der Waals surface area contributed by atoms with Crippen LogP contribution >= 0.6 is 0 Å². The van der Waals surface area contributed by atoms with Gasteiger partial charge in [-0.15, -0.1) is 0 Å². The molecule has 9 nitrogen and oxygen atoms in total. The fourth-order valence-electron chi connectivity index (χ4n) is 8.71. The maximum Gasteiger partial charge on any atom is 0.310 e. The third-order valence-electron chi connectivity index (χ3n) is 10.7. The first-order valence-corrected chi connectivity index (χ1v) is 15.8. The second-order valence-electron chi connectivity index (χ2n) is 13.7. The summed E-state index contributed by atoms with van der Waals surface area (Å²) >= 11 is 0. The van der Waals surface area contributed by atoms with Crippen molar-refractivity contribution in [1.29, 1.82) is 0 Å². The number of ketones is 1. The molecule has 2 aliphatic heterocycles. The number of methoxy groups -OCH3 is 1. The zero-order valence-electron chi connectivity index (χ0n) is 26.6. The van der Waals surface area contributed by atoms with Crippen molar-refractivity contribution in [3.63, 3.8) is 0 Å². The number of ether oxygens (including phenoxy) is 5. The van der Waals surface area contributed by atoms with Gasteiger partial charge in [0.15, 0.2) is 17.3 Å². The van der Waals surface area contributed by atoms with Gasteiger partial charge in [0.2, 0.25) is 0 Å². The van der Waals surface area contributed by atoms with E-state index in [0.717, 1.165) is 11.1 Å². The minimum absolute atomic E-state index is 0.0156. The molecule has 3 bridgehead atoms. The largest absolute Gasteiger partial charge is 0.504 e. The molecule has 0 spiro atoms. The summed E-state index contributed by atoms with van der Waals surface area (Å²) in [6.45, 7) is 9.98. The van der Waals surface area contributed by atoms with Gasteiger partial charge in [-0.2, -0.15) is 0 Å². The molecular formula is C37H40O9. The van der Waals surface area contributed by atoms with Crippen LogP contribution in [0.4, 0.5) is 0 Å². The van der Waals surface area contributed by atoms with Crippen molar-refractivity contribution < 1.29 is 43.5 Å². The van der Waals surface area contributed by atoms with Crippen molar-refractivity contribution in [2.75, 3.05) is 13.7 Å². The fraction of sp³-hybridized carbons (Fsp3) is 0.459. The average molecular weight is 629 g/mol. The molecule has 8 atom stereocenters. The van der Waals surface area contributed by atoms with E-state index >= 15 is 0 Å². The van der Waals surface area contributed by atoms with Gasteiger partial charge in [-0.3, -0.25) is 9.59 Å². The van der Waals surface area contributed by atoms with Crippen LogP contribution in [-0.4, -0.2) is 64.6 Å². The van der Waals surface area contributed by atoms with Gasteiger partial charge in [0.25, 0.3) is 5.97 Å². The third kappa shape index (κ3) is 4.43. The van der Waals surface area contributed by atoms with E-state index in [-0.39, 0.29) is 42.6 Å². The number of hydrogen-bond acceptors (Lipinski definition) is 9. The number of esters is 1. The maximum absolute atomic E-state index is 13.8. The van der Waals surface area contributed by atoms with E-state index in [0.29, 0.717) is 29.6 Å². The van der Waals surface area contributed by atoms with Gasteiger partial charge in [0.05, 0.1) is 25.6 Å². The molecule has 46 heavy (non-hydrogen) atoms. The van der Waals surface area contributed by atoms with Crippen molar-refractivity contribution in [1.82, 2.24) is 0 Å². The molecule has 7 rings (SSSR count). The number of fused-ring (bicyclic) bond motifs is 2. The number of benzene rings is 2. The highest BCUT2D eigenvalue weighted by molar-refractivity contribution is 6.04. The summed E-state index contributed by atoms with van der Waals surface area (Å²) in [5, 5.41) is 22.3. The van der Waals surface area contributed by atoms with Crippen LogP contribution in [0.15, 0.2) is 84.0 Å². The summed E-state index contributed by atoms with van der Waals surface area (Å²) in [4.78, 5) is 26.8. The number of aliphatic hydroxyl groups is 1. The van der Waals surface area contributed by atoms with Crippen molar-refractivity contribution in [3.8, 4) is 11.5 Å². The Kier molecular flexibility index (Phi) is 7.14. The molecule has 2 aromatic carbocycles. The second kappa shape index (κ2) is 10.6. The SMILES string of the molecule is C=C(C)[C@]12C[C@@H](C)[C@@]34O[C@](Cc5ccccc5)(O[C@@H]1C3C=C(COC(=O)Cc1ccc(O)c(OC)c1)C[C@]1(O)C(=O)C(C)=C[C@@H]41)O2. The van der Waals surface area contributed by atoms with Crippen LogP contribution < -0.4 is 4.74 Å². The Morgan fingerprint density at radius 1 is 1.11 bits per heavy atom. The molecule has 5 aliphatic rings. The minimum atomic E-state index is -1.80. The van der Waals surface area contributed by atoms with Crippen LogP contribution in [0.25, 0.3) is 0 Å². The summed E-state index contributed by atoms with van der Waals surface area (Å²) in [6.07, 6.45) is 4.13. The molecule has 2 N–H and O–H groups in total. The first-order chi connectivity index (χ1) is 21.9. The van der Waals surface area contributed by atoms with E-state index in [4.69, 9.17) is 23.7 Å². The smallest absolute Gasteiger partial charge is 0.310 e. The van der Waals surface area contributed by atoms with Gasteiger partial charge in [-0.1, -0.05) is 62.1 Å². The van der Waals surface area contributed by atoms with Crippen LogP contribution in [0.3, 0.4) is 0 Å². The summed E-state index contributed by atoms with van der Waals surface area (Å²) in [5.41, 5.74) is -0.241. The van der Waals surface area contributed by atoms with Crippen LogP contribution in [0.5, 0.6) is 11.5 Å². The van der Waals surface area contributed by atoms with Crippen LogP contribution in [0.1, 0.15) is 44.7 Å². The lowest BCUT2D eigenvalue weighted by molar-refractivity contribution is -0.421. The predicted octanol–water partition coefficient (Wildman–Crippen LogP) is 4.74. The number of Topliss-reactive ketones (excluding diaryl/α,β-unsaturated/α-hetero) is 1. The van der Waals surface area contributed by atoms with E-state index in [9.17, 15) is 19.8 Å². The maximum atomic E-state index is 13.8. The molecular weight excluding hydrogens is 588 g/mol. The molecule has 242 valence electrons. The average Bonchev–Trinajstić information content (AvgIpc) is 3.32. The van der Waals surface area contributed by atoms with Crippen LogP contribution in [0.2, 0.25) is 0 Å². The summed E-state index contributed by atoms with van der Waals surface area (Å²) in [5.74, 6) is -3.37. The van der Waals surface area contributed by atoms with E-state index in [2.05, 4.69) is 13.5 Å². The number of phenolic OH excluding ortho intramolecular Hbond substituents is 1. The number of carbonyl (C=O) groups is 2. The lowest BCUT2D eigenvalue weighted by Crippen LogP contribution is -2.70. The first kappa shape index (κ1) is 30.9. The molecule has 1 saturated carbocycles. The summed E-state index contributed by atoms with van der Waals surface area (Å²) in [7, 11) is 1.44. The summed E-state index contributed by atoms with van der Waals surface area (Å²) < 4.78 is 31.8. The zero-order valence-corrected chi connectivity index (χ0v) is 26.6. The third-order valence-corrected chi connectivity index (χ3v) is 10.7. The quantitative estimate of drug-likeness (QED) is 0.315. The second-order valence-corrected chi connectivity index (χ2v) is 13.7. The van der Waals surface area contributed by atoms with E-state index in [1.807, 2.05) is 49.4 Å². The number of aromatic hydroxyl groups is 1. The van der Waals surface area contributed by atoms with Crippen molar-refractivity contribution in [3.05, 3.63) is 95.1 Å². The molecule has 9 heteroatoms. The predicted molar refractivity (Wildman–Crippen MR) is 167 cm³/mol. The standard InChI is InChI=1S/C37H40O9/c1-21(2)35-17-23(4)37-27(33(35)44-36(45-35,46-37)19-24-9-7-6-8-10-24)14-26(18-34(41)30(37)13-22(3)32(34)40)20-43-31(39)16-25-11-12-28(38)29(15-25)42-5/h6-15,23,27,30,33,38,41H,1,16-20H2,2-5H3/t23-,27?,30-,33-,34-,35-,36-,37-/m1/s1. The van der Waals surface area contributed by atoms with Crippen molar-refractivity contribution >= 4 is 11.8 Å². The molecule has 2 aromatic rings. The molecule has 0 aromatic heterocycles. The highest BCUT2D eigenvalue weighted by Crippen LogP contribution is 2.68. The topological polar surface area (TPSA) is 121 Å². The molecule has 0 amide bonds. The molecule has 3 aliphatic carbocycles. The number of rotatable bonds is 8. The molecule has 2 heterocycles. The molecule has 3 fully saturated rings. The van der Waals surface area contributed by atoms with E-state index in [1.165, 1.54) is 13.2 Å². The van der Waals surface area contributed by atoms with Gasteiger partial charge in [0.1, 0.15) is 23.9 Å². The Hall–Kier alpha value is -3.76. The Bertz CT molecular complexity index is 1680. The normalized spacial score (nSPS) is 37.1. The van der Waals surface area contributed by atoms with Gasteiger partial charge >= 0.3 is 5.97 Å². The Morgan fingerprint density at radius 2 is 1.87 bits per heavy atom. The van der Waals surface area contributed by atoms with E-state index < -0.39 is 46.7 Å². The van der Waals surface area contributed by atoms with Crippen molar-refractivity contribution in [2.24, 2.45) is 17.8 Å². The highest BCUT2D eigenvalue weighted by atomic mass is 16.9.